The first-order valence-electron chi connectivity index (χ1n) is 7.31. The fourth-order valence-corrected chi connectivity index (χ4v) is 4.44. The second-order valence-electron chi connectivity index (χ2n) is 6.29. The van der Waals surface area contributed by atoms with Crippen molar-refractivity contribution in [2.24, 2.45) is 23.7 Å². The molecule has 1 saturated heterocycles. The van der Waals surface area contributed by atoms with Crippen molar-refractivity contribution in [1.29, 1.82) is 0 Å². The van der Waals surface area contributed by atoms with Crippen LogP contribution >= 0.6 is 0 Å². The third-order valence-corrected chi connectivity index (χ3v) is 5.31. The molecule has 0 spiro atoms. The summed E-state index contributed by atoms with van der Waals surface area (Å²) in [6.07, 6.45) is 2.84. The Hall–Kier alpha value is -2.31. The average molecular weight is 304 g/mol. The Morgan fingerprint density at radius 3 is 2.27 bits per heavy atom. The van der Waals surface area contributed by atoms with Crippen LogP contribution in [0.1, 0.15) is 19.3 Å². The SMILES string of the molecule is O=C1[C@@H]2[C@@H]3CC[C@@H](C3)[C@@H]2C(=O)N1c1ccc(F)c([N+](=O)[O-])c1. The molecular formula is C15H13FN2O4. The molecule has 2 bridgehead atoms. The largest absolute Gasteiger partial charge is 0.306 e. The molecule has 4 atom stereocenters. The van der Waals surface area contributed by atoms with Gasteiger partial charge in [0.2, 0.25) is 17.6 Å². The second kappa shape index (κ2) is 4.34. The van der Waals surface area contributed by atoms with Crippen molar-refractivity contribution in [3.63, 3.8) is 0 Å². The Labute approximate surface area is 125 Å². The number of halogens is 1. The first-order chi connectivity index (χ1) is 10.5. The van der Waals surface area contributed by atoms with Crippen molar-refractivity contribution in [1.82, 2.24) is 0 Å². The Morgan fingerprint density at radius 2 is 1.73 bits per heavy atom. The lowest BCUT2D eigenvalue weighted by Crippen LogP contribution is -2.32. The summed E-state index contributed by atoms with van der Waals surface area (Å²) in [5.74, 6) is -1.66. The molecule has 0 radical (unpaired) electrons. The Bertz CT molecular complexity index is 691. The third-order valence-electron chi connectivity index (χ3n) is 5.31. The van der Waals surface area contributed by atoms with Crippen LogP contribution in [0.5, 0.6) is 0 Å². The smallest absolute Gasteiger partial charge is 0.274 e. The molecule has 3 aliphatic rings. The molecule has 22 heavy (non-hydrogen) atoms. The zero-order valence-electron chi connectivity index (χ0n) is 11.6. The monoisotopic (exact) mass is 304 g/mol. The minimum atomic E-state index is -0.979. The van der Waals surface area contributed by atoms with Crippen LogP contribution in [-0.4, -0.2) is 16.7 Å². The van der Waals surface area contributed by atoms with Gasteiger partial charge in [0.05, 0.1) is 22.4 Å². The zero-order chi connectivity index (χ0) is 15.6. The normalized spacial score (nSPS) is 32.7. The third kappa shape index (κ3) is 1.59. The summed E-state index contributed by atoms with van der Waals surface area (Å²) in [5, 5.41) is 10.8. The number of nitro benzene ring substituents is 1. The number of anilines is 1. The number of amides is 2. The van der Waals surface area contributed by atoms with Gasteiger partial charge >= 0.3 is 5.69 Å². The van der Waals surface area contributed by atoms with Crippen molar-refractivity contribution in [3.8, 4) is 0 Å². The zero-order valence-corrected chi connectivity index (χ0v) is 11.6. The molecule has 7 heteroatoms. The lowest BCUT2D eigenvalue weighted by molar-refractivity contribution is -0.387. The highest BCUT2D eigenvalue weighted by Crippen LogP contribution is 2.56. The number of hydrogen-bond acceptors (Lipinski definition) is 4. The Balaban J connectivity index is 1.75. The topological polar surface area (TPSA) is 80.5 Å². The van der Waals surface area contributed by atoms with Crippen LogP contribution in [0.4, 0.5) is 15.8 Å². The van der Waals surface area contributed by atoms with Gasteiger partial charge in [0, 0.05) is 6.07 Å². The van der Waals surface area contributed by atoms with Gasteiger partial charge in [-0.3, -0.25) is 19.7 Å². The number of carbonyl (C=O) groups is 2. The van der Waals surface area contributed by atoms with Crippen molar-refractivity contribution in [2.75, 3.05) is 4.90 Å². The number of carbonyl (C=O) groups excluding carboxylic acids is 2. The minimum absolute atomic E-state index is 0.0944. The molecule has 1 aromatic rings. The van der Waals surface area contributed by atoms with Crippen molar-refractivity contribution in [3.05, 3.63) is 34.1 Å². The lowest BCUT2D eigenvalue weighted by Gasteiger charge is -2.19. The van der Waals surface area contributed by atoms with E-state index in [0.717, 1.165) is 36.3 Å². The van der Waals surface area contributed by atoms with Gasteiger partial charge in [-0.15, -0.1) is 0 Å². The Kier molecular flexibility index (Phi) is 2.64. The van der Waals surface area contributed by atoms with Crippen LogP contribution in [0, 0.1) is 39.6 Å². The molecule has 1 aromatic carbocycles. The van der Waals surface area contributed by atoms with Gasteiger partial charge in [-0.05, 0) is 43.2 Å². The van der Waals surface area contributed by atoms with E-state index in [0.29, 0.717) is 0 Å². The molecular weight excluding hydrogens is 291 g/mol. The van der Waals surface area contributed by atoms with Crippen molar-refractivity contribution < 1.29 is 18.9 Å². The number of nitrogens with zero attached hydrogens (tertiary/aromatic N) is 2. The molecule has 114 valence electrons. The van der Waals surface area contributed by atoms with Crippen molar-refractivity contribution in [2.45, 2.75) is 19.3 Å². The predicted molar refractivity (Wildman–Crippen MR) is 73.4 cm³/mol. The highest BCUT2D eigenvalue weighted by atomic mass is 19.1. The predicted octanol–water partition coefficient (Wildman–Crippen LogP) is 2.27. The molecule has 6 nitrogen and oxygen atoms in total. The maximum atomic E-state index is 13.4. The number of rotatable bonds is 2. The molecule has 3 fully saturated rings. The van der Waals surface area contributed by atoms with E-state index in [1.807, 2.05) is 0 Å². The lowest BCUT2D eigenvalue weighted by atomic mass is 9.81. The summed E-state index contributed by atoms with van der Waals surface area (Å²) in [6.45, 7) is 0. The molecule has 0 aromatic heterocycles. The van der Waals surface area contributed by atoms with Crippen LogP contribution in [0.2, 0.25) is 0 Å². The maximum Gasteiger partial charge on any atom is 0.306 e. The van der Waals surface area contributed by atoms with Gasteiger partial charge in [0.25, 0.3) is 0 Å². The van der Waals surface area contributed by atoms with E-state index in [-0.39, 0.29) is 41.2 Å². The van der Waals surface area contributed by atoms with Gasteiger partial charge in [-0.2, -0.15) is 4.39 Å². The number of fused-ring (bicyclic) bond motifs is 5. The minimum Gasteiger partial charge on any atom is -0.274 e. The molecule has 1 heterocycles. The molecule has 4 rings (SSSR count). The highest BCUT2D eigenvalue weighted by molar-refractivity contribution is 6.22. The molecule has 2 saturated carbocycles. The quantitative estimate of drug-likeness (QED) is 0.477. The first-order valence-corrected chi connectivity index (χ1v) is 7.31. The molecule has 2 aliphatic carbocycles. The molecule has 0 N–H and O–H groups in total. The van der Waals surface area contributed by atoms with E-state index in [9.17, 15) is 24.1 Å². The van der Waals surface area contributed by atoms with E-state index < -0.39 is 16.4 Å². The standard InChI is InChI=1S/C15H13FN2O4/c16-10-4-3-9(6-11(10)18(21)22)17-14(19)12-7-1-2-8(5-7)13(12)15(17)20/h3-4,6-8,12-13H,1-2,5H2/t7-,8+,12-,13+. The highest BCUT2D eigenvalue weighted by Gasteiger charge is 2.61. The van der Waals surface area contributed by atoms with Crippen LogP contribution in [-0.2, 0) is 9.59 Å². The van der Waals surface area contributed by atoms with E-state index in [1.165, 1.54) is 6.07 Å². The summed E-state index contributed by atoms with van der Waals surface area (Å²) in [4.78, 5) is 36.2. The van der Waals surface area contributed by atoms with E-state index in [2.05, 4.69) is 0 Å². The van der Waals surface area contributed by atoms with Gasteiger partial charge in [0.15, 0.2) is 0 Å². The molecule has 1 aliphatic heterocycles. The van der Waals surface area contributed by atoms with E-state index >= 15 is 0 Å². The number of nitro groups is 1. The van der Waals surface area contributed by atoms with Gasteiger partial charge in [-0.25, -0.2) is 4.90 Å². The second-order valence-corrected chi connectivity index (χ2v) is 6.29. The summed E-state index contributed by atoms with van der Waals surface area (Å²) >= 11 is 0. The van der Waals surface area contributed by atoms with Gasteiger partial charge in [0.1, 0.15) is 0 Å². The van der Waals surface area contributed by atoms with Crippen LogP contribution in [0.3, 0.4) is 0 Å². The van der Waals surface area contributed by atoms with E-state index in [4.69, 9.17) is 0 Å². The molecule has 2 amide bonds. The maximum absolute atomic E-state index is 13.4. The number of benzene rings is 1. The van der Waals surface area contributed by atoms with E-state index in [1.54, 1.807) is 0 Å². The van der Waals surface area contributed by atoms with Gasteiger partial charge in [-0.1, -0.05) is 0 Å². The summed E-state index contributed by atoms with van der Waals surface area (Å²) < 4.78 is 13.4. The summed E-state index contributed by atoms with van der Waals surface area (Å²) in [5.41, 5.74) is -0.630. The summed E-state index contributed by atoms with van der Waals surface area (Å²) in [7, 11) is 0. The number of hydrogen-bond donors (Lipinski definition) is 0. The fraction of sp³-hybridized carbons (Fsp3) is 0.467. The van der Waals surface area contributed by atoms with Crippen LogP contribution in [0.15, 0.2) is 18.2 Å². The molecule has 0 unspecified atom stereocenters. The summed E-state index contributed by atoms with van der Waals surface area (Å²) in [6, 6.07) is 3.14. The van der Waals surface area contributed by atoms with Crippen molar-refractivity contribution >= 4 is 23.2 Å². The first kappa shape index (κ1) is 13.4. The average Bonchev–Trinajstić information content (AvgIpc) is 3.14. The van der Waals surface area contributed by atoms with Crippen LogP contribution in [0.25, 0.3) is 0 Å². The Morgan fingerprint density at radius 1 is 1.14 bits per heavy atom. The number of imide groups is 1. The van der Waals surface area contributed by atoms with Crippen LogP contribution < -0.4 is 4.90 Å². The fourth-order valence-electron chi connectivity index (χ4n) is 4.44. The van der Waals surface area contributed by atoms with Gasteiger partial charge < -0.3 is 0 Å².